The molecule has 12 heteroatoms. The zero-order chi connectivity index (χ0) is 26.3. The van der Waals surface area contributed by atoms with Gasteiger partial charge in [-0.1, -0.05) is 11.6 Å². The third-order valence-corrected chi connectivity index (χ3v) is 7.40. The molecule has 0 spiro atoms. The molecule has 2 aromatic rings. The highest BCUT2D eigenvalue weighted by atomic mass is 35.5. The van der Waals surface area contributed by atoms with Crippen LogP contribution in [0.2, 0.25) is 5.02 Å². The molecule has 2 aromatic carbocycles. The lowest BCUT2D eigenvalue weighted by atomic mass is 10.1. The number of nitrogens with two attached hydrogens (primary N) is 1. The number of nitrogens with one attached hydrogen (secondary N) is 1. The van der Waals surface area contributed by atoms with Gasteiger partial charge in [0, 0.05) is 18.1 Å². The Morgan fingerprint density at radius 1 is 1.19 bits per heavy atom. The first-order valence-corrected chi connectivity index (χ1v) is 13.2. The number of sulfonamides is 1. The lowest BCUT2D eigenvalue weighted by molar-refractivity contribution is 0.0530. The van der Waals surface area contributed by atoms with E-state index < -0.39 is 21.9 Å². The Hall–Kier alpha value is -2.30. The lowest BCUT2D eigenvalue weighted by Crippen LogP contribution is -2.34. The predicted molar refractivity (Wildman–Crippen MR) is 135 cm³/mol. The summed E-state index contributed by atoms with van der Waals surface area (Å²) in [5.41, 5.74) is 7.29. The SMILES string of the molecule is [C-]#[N+]c1cc(Cl)cc2c1C[C@H](N(C)C)[C@H]2Oc1ccc(S(=O)(=O)NCCOCCOCCN)cc1F. The van der Waals surface area contributed by atoms with Gasteiger partial charge in [-0.3, -0.25) is 0 Å². The Bertz CT molecular complexity index is 1210. The number of nitrogens with zero attached hydrogens (tertiary/aromatic N) is 2. The number of rotatable bonds is 13. The molecule has 0 aliphatic heterocycles. The highest BCUT2D eigenvalue weighted by Crippen LogP contribution is 2.43. The minimum absolute atomic E-state index is 0.0204. The monoisotopic (exact) mass is 540 g/mol. The summed E-state index contributed by atoms with van der Waals surface area (Å²) in [6, 6.07) is 6.67. The molecule has 0 saturated carbocycles. The van der Waals surface area contributed by atoms with Crippen LogP contribution in [0.5, 0.6) is 5.75 Å². The molecular weight excluding hydrogens is 511 g/mol. The van der Waals surface area contributed by atoms with E-state index in [1.165, 1.54) is 12.1 Å². The molecule has 0 unspecified atom stereocenters. The quantitative estimate of drug-likeness (QED) is 0.297. The van der Waals surface area contributed by atoms with Crippen molar-refractivity contribution in [1.82, 2.24) is 9.62 Å². The smallest absolute Gasteiger partial charge is 0.240 e. The molecule has 1 aliphatic rings. The highest BCUT2D eigenvalue weighted by Gasteiger charge is 2.38. The zero-order valence-corrected chi connectivity index (χ0v) is 21.7. The summed E-state index contributed by atoms with van der Waals surface area (Å²) in [6.45, 7) is 9.14. The minimum atomic E-state index is -3.95. The van der Waals surface area contributed by atoms with E-state index in [2.05, 4.69) is 9.57 Å². The van der Waals surface area contributed by atoms with E-state index in [1.54, 1.807) is 12.1 Å². The summed E-state index contributed by atoms with van der Waals surface area (Å²) < 4.78 is 59.0. The third kappa shape index (κ3) is 6.92. The van der Waals surface area contributed by atoms with E-state index in [-0.39, 0.29) is 29.8 Å². The normalized spacial score (nSPS) is 17.2. The average molecular weight is 541 g/mol. The molecule has 0 bridgehead atoms. The largest absolute Gasteiger partial charge is 0.481 e. The Morgan fingerprint density at radius 3 is 2.56 bits per heavy atom. The topological polar surface area (TPSA) is 107 Å². The molecule has 9 nitrogen and oxygen atoms in total. The molecule has 3 rings (SSSR count). The van der Waals surface area contributed by atoms with Crippen molar-refractivity contribution in [2.24, 2.45) is 5.73 Å². The number of hydrogen-bond acceptors (Lipinski definition) is 7. The standard InChI is InChI=1S/C24H30ClFN4O5S/c1-28-21-13-16(25)12-19-18(21)15-22(30(2)3)24(19)35-23-5-4-17(14-20(23)26)36(31,32)29-7-9-34-11-10-33-8-6-27/h4-5,12-14,22,24,29H,6-11,15,27H2,2-3H3/t22-,24-/m0/s1. The molecule has 36 heavy (non-hydrogen) atoms. The lowest BCUT2D eigenvalue weighted by Gasteiger charge is -2.27. The molecule has 0 saturated heterocycles. The number of ether oxygens (including phenoxy) is 3. The van der Waals surface area contributed by atoms with E-state index >= 15 is 4.39 Å². The van der Waals surface area contributed by atoms with Crippen molar-refractivity contribution in [3.63, 3.8) is 0 Å². The number of benzene rings is 2. The number of hydrogen-bond donors (Lipinski definition) is 2. The maximum atomic E-state index is 15.0. The van der Waals surface area contributed by atoms with Gasteiger partial charge in [0.15, 0.2) is 17.3 Å². The first kappa shape index (κ1) is 28.3. The average Bonchev–Trinajstić information content (AvgIpc) is 3.19. The van der Waals surface area contributed by atoms with Gasteiger partial charge in [0.25, 0.3) is 0 Å². The van der Waals surface area contributed by atoms with Crippen molar-refractivity contribution < 1.29 is 27.0 Å². The van der Waals surface area contributed by atoms with Crippen molar-refractivity contribution in [2.45, 2.75) is 23.5 Å². The summed E-state index contributed by atoms with van der Waals surface area (Å²) in [4.78, 5) is 5.29. The van der Waals surface area contributed by atoms with Crippen LogP contribution in [0.25, 0.3) is 4.85 Å². The van der Waals surface area contributed by atoms with Gasteiger partial charge < -0.3 is 24.8 Å². The van der Waals surface area contributed by atoms with E-state index in [0.717, 1.165) is 17.2 Å². The highest BCUT2D eigenvalue weighted by molar-refractivity contribution is 7.89. The maximum Gasteiger partial charge on any atom is 0.240 e. The van der Waals surface area contributed by atoms with Crippen LogP contribution >= 0.6 is 11.6 Å². The minimum Gasteiger partial charge on any atom is -0.481 e. The van der Waals surface area contributed by atoms with Gasteiger partial charge in [-0.15, -0.1) is 0 Å². The molecule has 196 valence electrons. The Morgan fingerprint density at radius 2 is 1.92 bits per heavy atom. The third-order valence-electron chi connectivity index (χ3n) is 5.72. The van der Waals surface area contributed by atoms with E-state index in [9.17, 15) is 8.42 Å². The fraction of sp³-hybridized carbons (Fsp3) is 0.458. The first-order valence-electron chi connectivity index (χ1n) is 11.4. The molecule has 0 heterocycles. The van der Waals surface area contributed by atoms with Gasteiger partial charge in [-0.05, 0) is 62.0 Å². The molecule has 2 atom stereocenters. The summed E-state index contributed by atoms with van der Waals surface area (Å²) in [6.07, 6.45) is -0.0450. The van der Waals surface area contributed by atoms with E-state index in [0.29, 0.717) is 43.5 Å². The van der Waals surface area contributed by atoms with Gasteiger partial charge in [-0.2, -0.15) is 0 Å². The van der Waals surface area contributed by atoms with Gasteiger partial charge in [0.1, 0.15) is 6.10 Å². The maximum absolute atomic E-state index is 15.0. The van der Waals surface area contributed by atoms with Crippen LogP contribution in [0.1, 0.15) is 17.2 Å². The summed E-state index contributed by atoms with van der Waals surface area (Å²) in [7, 11) is -0.197. The van der Waals surface area contributed by atoms with Crippen LogP contribution in [0.4, 0.5) is 10.1 Å². The molecular formula is C24H30ClFN4O5S. The van der Waals surface area contributed by atoms with Gasteiger partial charge in [-0.25, -0.2) is 22.4 Å². The molecule has 0 fully saturated rings. The molecule has 1 aliphatic carbocycles. The van der Waals surface area contributed by atoms with Crippen molar-refractivity contribution in [3.05, 3.63) is 63.7 Å². The van der Waals surface area contributed by atoms with Gasteiger partial charge in [0.2, 0.25) is 10.0 Å². The van der Waals surface area contributed by atoms with Crippen molar-refractivity contribution >= 4 is 27.3 Å². The van der Waals surface area contributed by atoms with E-state index in [1.807, 2.05) is 19.0 Å². The second-order valence-corrected chi connectivity index (χ2v) is 10.6. The predicted octanol–water partition coefficient (Wildman–Crippen LogP) is 2.91. The second-order valence-electron chi connectivity index (χ2n) is 8.38. The van der Waals surface area contributed by atoms with Crippen molar-refractivity contribution in [1.29, 1.82) is 0 Å². The molecule has 3 N–H and O–H groups in total. The Labute approximate surface area is 216 Å². The van der Waals surface area contributed by atoms with Crippen molar-refractivity contribution in [3.8, 4) is 5.75 Å². The number of likely N-dealkylation sites (N-methyl/N-ethyl adjacent to an activating group) is 1. The van der Waals surface area contributed by atoms with Crippen LogP contribution in [-0.4, -0.2) is 73.0 Å². The number of halogens is 2. The van der Waals surface area contributed by atoms with Crippen molar-refractivity contribution in [2.75, 3.05) is 53.6 Å². The molecule has 0 radical (unpaired) electrons. The Kier molecular flexibility index (Phi) is 10.0. The van der Waals surface area contributed by atoms with Gasteiger partial charge >= 0.3 is 0 Å². The molecule has 0 aromatic heterocycles. The number of fused-ring (bicyclic) bond motifs is 1. The van der Waals surface area contributed by atoms with Crippen LogP contribution in [-0.2, 0) is 25.9 Å². The fourth-order valence-electron chi connectivity index (χ4n) is 3.96. The van der Waals surface area contributed by atoms with E-state index in [4.69, 9.17) is 38.1 Å². The van der Waals surface area contributed by atoms with Crippen LogP contribution < -0.4 is 15.2 Å². The summed E-state index contributed by atoms with van der Waals surface area (Å²) >= 11 is 6.21. The van der Waals surface area contributed by atoms with Crippen LogP contribution in [0.15, 0.2) is 35.2 Å². The molecule has 0 amide bonds. The summed E-state index contributed by atoms with van der Waals surface area (Å²) in [5.74, 6) is -0.909. The Balaban J connectivity index is 1.69. The second kappa shape index (κ2) is 12.8. The first-order chi connectivity index (χ1) is 17.2. The zero-order valence-electron chi connectivity index (χ0n) is 20.2. The summed E-state index contributed by atoms with van der Waals surface area (Å²) in [5, 5.41) is 0.396. The van der Waals surface area contributed by atoms with Crippen LogP contribution in [0, 0.1) is 12.4 Å². The van der Waals surface area contributed by atoms with Crippen LogP contribution in [0.3, 0.4) is 0 Å². The fourth-order valence-corrected chi connectivity index (χ4v) is 5.20. The van der Waals surface area contributed by atoms with Gasteiger partial charge in [0.05, 0.1) is 43.9 Å².